The molecule has 0 fully saturated rings. The third kappa shape index (κ3) is 8.97. The first-order valence-electron chi connectivity index (χ1n) is 6.35. The zero-order chi connectivity index (χ0) is 9.94. The highest BCUT2D eigenvalue weighted by molar-refractivity contribution is 6.58. The Balaban J connectivity index is 3.47. The topological polar surface area (TPSA) is 0 Å². The summed E-state index contributed by atoms with van der Waals surface area (Å²) < 4.78 is 0. The highest BCUT2D eigenvalue weighted by atomic mass is 28.3. The van der Waals surface area contributed by atoms with Crippen LogP contribution in [0.3, 0.4) is 0 Å². The Morgan fingerprint density at radius 3 is 2.00 bits per heavy atom. The Morgan fingerprint density at radius 1 is 1.08 bits per heavy atom. The van der Waals surface area contributed by atoms with E-state index in [0.29, 0.717) is 19.0 Å². The summed E-state index contributed by atoms with van der Waals surface area (Å²) in [5, 5.41) is 1.34. The maximum Gasteiger partial charge on any atom is 0.0197 e. The lowest BCUT2D eigenvalue weighted by molar-refractivity contribution is 0.829. The van der Waals surface area contributed by atoms with E-state index in [2.05, 4.69) is 13.8 Å². The Hall–Kier alpha value is 0.651. The maximum atomic E-state index is 2.36. The standard InChI is InChI=1S/C10H28Si3/c1-3-8-12-10(6-5-7-11)13-9-4-2/h10H,3-9,12-13H2,1-2,11H3. The molecule has 0 aliphatic carbocycles. The van der Waals surface area contributed by atoms with Crippen LogP contribution in [0.1, 0.15) is 39.5 Å². The third-order valence-corrected chi connectivity index (χ3v) is 10.7. The van der Waals surface area contributed by atoms with Crippen molar-refractivity contribution < 1.29 is 0 Å². The highest BCUT2D eigenvalue weighted by Gasteiger charge is 2.07. The van der Waals surface area contributed by atoms with Crippen molar-refractivity contribution >= 4 is 29.3 Å². The Bertz CT molecular complexity index is 77.2. The molecule has 0 heterocycles. The molecule has 0 saturated carbocycles. The largest absolute Gasteiger partial charge is 0.0659 e. The average Bonchev–Trinajstić information content (AvgIpc) is 2.17. The van der Waals surface area contributed by atoms with Gasteiger partial charge in [0.05, 0.1) is 0 Å². The van der Waals surface area contributed by atoms with Crippen LogP contribution < -0.4 is 0 Å². The second-order valence-corrected chi connectivity index (χ2v) is 11.3. The van der Waals surface area contributed by atoms with Gasteiger partial charge >= 0.3 is 0 Å². The van der Waals surface area contributed by atoms with Crippen LogP contribution in [-0.2, 0) is 0 Å². The van der Waals surface area contributed by atoms with Gasteiger partial charge in [-0.3, -0.25) is 0 Å². The van der Waals surface area contributed by atoms with Crippen LogP contribution in [0.25, 0.3) is 0 Å². The van der Waals surface area contributed by atoms with Crippen molar-refractivity contribution in [1.82, 2.24) is 0 Å². The summed E-state index contributed by atoms with van der Waals surface area (Å²) in [6.07, 6.45) is 6.14. The van der Waals surface area contributed by atoms with Gasteiger partial charge in [-0.25, -0.2) is 0 Å². The zero-order valence-corrected chi connectivity index (χ0v) is 14.8. The molecule has 0 atom stereocenters. The minimum Gasteiger partial charge on any atom is -0.0659 e. The summed E-state index contributed by atoms with van der Waals surface area (Å²) in [5.41, 5.74) is 0. The van der Waals surface area contributed by atoms with Gasteiger partial charge in [-0.2, -0.15) is 0 Å². The summed E-state index contributed by atoms with van der Waals surface area (Å²) in [4.78, 5) is 0. The Labute approximate surface area is 92.3 Å². The molecule has 0 aromatic carbocycles. The van der Waals surface area contributed by atoms with Crippen molar-refractivity contribution in [2.75, 3.05) is 0 Å². The molecule has 0 aromatic heterocycles. The van der Waals surface area contributed by atoms with Crippen molar-refractivity contribution in [1.29, 1.82) is 0 Å². The molecule has 0 saturated heterocycles. The molecular weight excluding hydrogens is 204 g/mol. The van der Waals surface area contributed by atoms with Gasteiger partial charge < -0.3 is 0 Å². The Morgan fingerprint density at radius 2 is 1.62 bits per heavy atom. The van der Waals surface area contributed by atoms with Crippen LogP contribution in [0, 0.1) is 0 Å². The van der Waals surface area contributed by atoms with Crippen molar-refractivity contribution in [2.24, 2.45) is 0 Å². The Kier molecular flexibility index (Phi) is 11.3. The normalized spacial score (nSPS) is 15.2. The first-order chi connectivity index (χ1) is 6.35. The number of hydrogen-bond donors (Lipinski definition) is 0. The van der Waals surface area contributed by atoms with E-state index in [0.717, 1.165) is 0 Å². The maximum absolute atomic E-state index is 2.36. The van der Waals surface area contributed by atoms with E-state index >= 15 is 0 Å². The predicted molar refractivity (Wildman–Crippen MR) is 75.0 cm³/mol. The summed E-state index contributed by atoms with van der Waals surface area (Å²) in [5.74, 6) is 0. The van der Waals surface area contributed by atoms with Crippen LogP contribution in [0.15, 0.2) is 0 Å². The zero-order valence-electron chi connectivity index (χ0n) is 9.94. The molecule has 0 spiro atoms. The summed E-state index contributed by atoms with van der Waals surface area (Å²) in [6, 6.07) is 4.81. The van der Waals surface area contributed by atoms with Crippen molar-refractivity contribution in [3.63, 3.8) is 0 Å². The lowest BCUT2D eigenvalue weighted by Crippen LogP contribution is -2.11. The van der Waals surface area contributed by atoms with Crippen LogP contribution >= 0.6 is 0 Å². The first kappa shape index (κ1) is 13.7. The molecule has 0 nitrogen and oxygen atoms in total. The highest BCUT2D eigenvalue weighted by Crippen LogP contribution is 2.16. The van der Waals surface area contributed by atoms with E-state index < -0.39 is 0 Å². The lowest BCUT2D eigenvalue weighted by atomic mass is 10.4. The van der Waals surface area contributed by atoms with Gasteiger partial charge in [-0.05, 0) is 0 Å². The molecule has 0 rings (SSSR count). The van der Waals surface area contributed by atoms with Gasteiger partial charge in [0.15, 0.2) is 0 Å². The monoisotopic (exact) mass is 232 g/mol. The van der Waals surface area contributed by atoms with Gasteiger partial charge in [0.2, 0.25) is 0 Å². The summed E-state index contributed by atoms with van der Waals surface area (Å²) in [7, 11) is 2.16. The van der Waals surface area contributed by atoms with Gasteiger partial charge in [-0.1, -0.05) is 62.8 Å². The minimum absolute atomic E-state index is 0.362. The van der Waals surface area contributed by atoms with Crippen LogP contribution in [0.4, 0.5) is 0 Å². The summed E-state index contributed by atoms with van der Waals surface area (Å²) in [6.45, 7) is 4.72. The van der Waals surface area contributed by atoms with E-state index in [1.807, 2.05) is 0 Å². The van der Waals surface area contributed by atoms with Gasteiger partial charge in [0, 0.05) is 29.3 Å². The van der Waals surface area contributed by atoms with Crippen LogP contribution in [0.5, 0.6) is 0 Å². The lowest BCUT2D eigenvalue weighted by Gasteiger charge is -2.14. The minimum atomic E-state index is 0.362. The van der Waals surface area contributed by atoms with E-state index in [1.54, 1.807) is 31.0 Å². The van der Waals surface area contributed by atoms with Crippen LogP contribution in [-0.4, -0.2) is 29.3 Å². The van der Waals surface area contributed by atoms with Gasteiger partial charge in [-0.15, -0.1) is 0 Å². The molecule has 3 heteroatoms. The molecular formula is C10H28Si3. The fourth-order valence-corrected chi connectivity index (χ4v) is 8.33. The van der Waals surface area contributed by atoms with Crippen molar-refractivity contribution in [3.8, 4) is 0 Å². The molecule has 0 bridgehead atoms. The van der Waals surface area contributed by atoms with E-state index in [-0.39, 0.29) is 0 Å². The second-order valence-electron chi connectivity index (χ2n) is 4.29. The van der Waals surface area contributed by atoms with E-state index in [4.69, 9.17) is 0 Å². The molecule has 0 aromatic rings. The van der Waals surface area contributed by atoms with Crippen LogP contribution in [0.2, 0.25) is 23.3 Å². The number of rotatable bonds is 9. The average molecular weight is 233 g/mol. The fraction of sp³-hybridized carbons (Fsp3) is 1.00. The summed E-state index contributed by atoms with van der Waals surface area (Å²) >= 11 is 0. The molecule has 0 unspecified atom stereocenters. The van der Waals surface area contributed by atoms with Crippen molar-refractivity contribution in [2.45, 2.75) is 62.8 Å². The molecule has 0 aliphatic rings. The predicted octanol–water partition coefficient (Wildman–Crippen LogP) is 1.29. The first-order valence-corrected chi connectivity index (χ1v) is 11.4. The molecule has 0 aliphatic heterocycles. The molecule has 0 N–H and O–H groups in total. The number of hydrogen-bond acceptors (Lipinski definition) is 0. The van der Waals surface area contributed by atoms with Crippen molar-refractivity contribution in [3.05, 3.63) is 0 Å². The molecule has 0 amide bonds. The molecule has 0 radical (unpaired) electrons. The van der Waals surface area contributed by atoms with Gasteiger partial charge in [0.1, 0.15) is 0 Å². The molecule has 80 valence electrons. The van der Waals surface area contributed by atoms with E-state index in [9.17, 15) is 0 Å². The molecule has 13 heavy (non-hydrogen) atoms. The fourth-order valence-electron chi connectivity index (χ4n) is 1.91. The third-order valence-electron chi connectivity index (χ3n) is 2.90. The SMILES string of the molecule is CCC[SiH2]C(CCC[SiH3])[SiH2]CCC. The quantitative estimate of drug-likeness (QED) is 0.526. The second kappa shape index (κ2) is 10.7. The smallest absolute Gasteiger partial charge is 0.0197 e. The van der Waals surface area contributed by atoms with E-state index in [1.165, 1.54) is 28.2 Å². The van der Waals surface area contributed by atoms with Gasteiger partial charge in [0.25, 0.3) is 0 Å².